The number of hydrogen-bond acceptors (Lipinski definition) is 1. The molecule has 0 radical (unpaired) electrons. The van der Waals surface area contributed by atoms with Crippen LogP contribution >= 0.6 is 0 Å². The minimum Gasteiger partial charge on any atom is -0.389 e. The maximum atomic E-state index is 10.4. The van der Waals surface area contributed by atoms with Gasteiger partial charge >= 0.3 is 0 Å². The van der Waals surface area contributed by atoms with Crippen molar-refractivity contribution in [1.29, 1.82) is 0 Å². The standard InChI is InChI=1S/C20H32O/c1-14-7-8-17-19(4,13-15(14)21)12-9-16-18(2,3)10-6-11-20(16,17)5/h6,10,15-17,21H,1,7-9,11-13H2,2-5H3. The van der Waals surface area contributed by atoms with Crippen molar-refractivity contribution < 1.29 is 5.11 Å². The normalized spacial score (nSPS) is 49.2. The molecule has 3 rings (SSSR count). The highest BCUT2D eigenvalue weighted by atomic mass is 16.3. The smallest absolute Gasteiger partial charge is 0.0752 e. The second-order valence-corrected chi connectivity index (χ2v) is 9.15. The summed E-state index contributed by atoms with van der Waals surface area (Å²) in [4.78, 5) is 0. The third-order valence-electron chi connectivity index (χ3n) is 7.33. The van der Waals surface area contributed by atoms with Crippen LogP contribution < -0.4 is 0 Å². The topological polar surface area (TPSA) is 20.2 Å². The molecule has 0 heterocycles. The van der Waals surface area contributed by atoms with Gasteiger partial charge in [0.2, 0.25) is 0 Å². The van der Waals surface area contributed by atoms with Crippen LogP contribution in [0.2, 0.25) is 0 Å². The maximum absolute atomic E-state index is 10.4. The molecule has 3 aliphatic rings. The summed E-state index contributed by atoms with van der Waals surface area (Å²) in [5.74, 6) is 1.48. The van der Waals surface area contributed by atoms with Gasteiger partial charge in [-0.25, -0.2) is 0 Å². The van der Waals surface area contributed by atoms with Crippen LogP contribution in [-0.2, 0) is 0 Å². The Labute approximate surface area is 130 Å². The summed E-state index contributed by atoms with van der Waals surface area (Å²) in [5, 5.41) is 10.4. The molecule has 0 aromatic heterocycles. The van der Waals surface area contributed by atoms with Gasteiger partial charge in [0.25, 0.3) is 0 Å². The average Bonchev–Trinajstić information content (AvgIpc) is 2.46. The molecule has 21 heavy (non-hydrogen) atoms. The molecule has 2 fully saturated rings. The van der Waals surface area contributed by atoms with Crippen LogP contribution in [0.3, 0.4) is 0 Å². The predicted octanol–water partition coefficient (Wildman–Crippen LogP) is 5.11. The molecule has 0 amide bonds. The monoisotopic (exact) mass is 288 g/mol. The van der Waals surface area contributed by atoms with Crippen LogP contribution in [0.4, 0.5) is 0 Å². The zero-order chi connectivity index (χ0) is 15.5. The quantitative estimate of drug-likeness (QED) is 0.614. The molecule has 0 saturated heterocycles. The molecule has 0 spiro atoms. The number of allylic oxidation sites excluding steroid dienone is 2. The molecule has 0 aromatic rings. The van der Waals surface area contributed by atoms with Crippen LogP contribution in [0, 0.1) is 28.1 Å². The Kier molecular flexibility index (Phi) is 3.44. The highest BCUT2D eigenvalue weighted by molar-refractivity contribution is 5.18. The number of hydrogen-bond donors (Lipinski definition) is 1. The molecule has 5 atom stereocenters. The summed E-state index contributed by atoms with van der Waals surface area (Å²) >= 11 is 0. The number of aliphatic hydroxyl groups excluding tert-OH is 1. The average molecular weight is 288 g/mol. The lowest BCUT2D eigenvalue weighted by Gasteiger charge is -2.61. The molecule has 1 heteroatoms. The zero-order valence-electron chi connectivity index (χ0n) is 14.3. The Morgan fingerprint density at radius 3 is 2.57 bits per heavy atom. The van der Waals surface area contributed by atoms with E-state index in [1.807, 2.05) is 0 Å². The van der Waals surface area contributed by atoms with Crippen LogP contribution in [-0.4, -0.2) is 11.2 Å². The molecule has 5 unspecified atom stereocenters. The first-order chi connectivity index (χ1) is 9.69. The van der Waals surface area contributed by atoms with Gasteiger partial charge in [0.05, 0.1) is 6.10 Å². The fourth-order valence-electron chi connectivity index (χ4n) is 6.26. The van der Waals surface area contributed by atoms with E-state index in [0.717, 1.165) is 24.3 Å². The third-order valence-corrected chi connectivity index (χ3v) is 7.33. The van der Waals surface area contributed by atoms with Gasteiger partial charge in [0.15, 0.2) is 0 Å². The summed E-state index contributed by atoms with van der Waals surface area (Å²) in [5.41, 5.74) is 2.05. The van der Waals surface area contributed by atoms with Gasteiger partial charge in [-0.2, -0.15) is 0 Å². The minimum absolute atomic E-state index is 0.283. The summed E-state index contributed by atoms with van der Waals surface area (Å²) in [7, 11) is 0. The van der Waals surface area contributed by atoms with Gasteiger partial charge in [0.1, 0.15) is 0 Å². The molecule has 0 aliphatic heterocycles. The second-order valence-electron chi connectivity index (χ2n) is 9.15. The van der Waals surface area contributed by atoms with Crippen LogP contribution in [0.5, 0.6) is 0 Å². The van der Waals surface area contributed by atoms with Gasteiger partial charge in [-0.3, -0.25) is 0 Å². The zero-order valence-corrected chi connectivity index (χ0v) is 14.3. The van der Waals surface area contributed by atoms with E-state index < -0.39 is 0 Å². The molecule has 2 saturated carbocycles. The molecular formula is C20H32O. The Morgan fingerprint density at radius 1 is 1.14 bits per heavy atom. The van der Waals surface area contributed by atoms with Gasteiger partial charge < -0.3 is 5.11 Å². The maximum Gasteiger partial charge on any atom is 0.0752 e. The molecule has 1 N–H and O–H groups in total. The van der Waals surface area contributed by atoms with E-state index in [1.165, 1.54) is 25.7 Å². The minimum atomic E-state index is -0.285. The van der Waals surface area contributed by atoms with Crippen molar-refractivity contribution in [3.63, 3.8) is 0 Å². The highest BCUT2D eigenvalue weighted by Gasteiger charge is 2.57. The van der Waals surface area contributed by atoms with E-state index >= 15 is 0 Å². The summed E-state index contributed by atoms with van der Waals surface area (Å²) in [6.45, 7) is 13.9. The predicted molar refractivity (Wildman–Crippen MR) is 89.0 cm³/mol. The fraction of sp³-hybridized carbons (Fsp3) is 0.800. The first kappa shape index (κ1) is 15.3. The third kappa shape index (κ3) is 2.23. The van der Waals surface area contributed by atoms with Crippen molar-refractivity contribution in [2.24, 2.45) is 28.1 Å². The Hall–Kier alpha value is -0.560. The summed E-state index contributed by atoms with van der Waals surface area (Å²) < 4.78 is 0. The lowest BCUT2D eigenvalue weighted by atomic mass is 9.44. The SMILES string of the molecule is C=C1CCC2C(C)(CCC3C(C)(C)C=CCC32C)CC1O. The van der Waals surface area contributed by atoms with E-state index in [9.17, 15) is 5.11 Å². The van der Waals surface area contributed by atoms with E-state index in [1.54, 1.807) is 0 Å². The molecule has 0 aromatic carbocycles. The molecule has 3 aliphatic carbocycles. The summed E-state index contributed by atoms with van der Waals surface area (Å²) in [6, 6.07) is 0. The highest BCUT2D eigenvalue weighted by Crippen LogP contribution is 2.65. The van der Waals surface area contributed by atoms with Crippen molar-refractivity contribution in [3.8, 4) is 0 Å². The van der Waals surface area contributed by atoms with E-state index in [0.29, 0.717) is 16.7 Å². The summed E-state index contributed by atoms with van der Waals surface area (Å²) in [6.07, 6.45) is 11.5. The lowest BCUT2D eigenvalue weighted by Crippen LogP contribution is -2.53. The Balaban J connectivity index is 2.01. The molecule has 0 bridgehead atoms. The van der Waals surface area contributed by atoms with Gasteiger partial charge in [-0.05, 0) is 72.2 Å². The Morgan fingerprint density at radius 2 is 1.86 bits per heavy atom. The van der Waals surface area contributed by atoms with Gasteiger partial charge in [0, 0.05) is 0 Å². The van der Waals surface area contributed by atoms with Gasteiger partial charge in [-0.1, -0.05) is 46.4 Å². The van der Waals surface area contributed by atoms with E-state index in [4.69, 9.17) is 0 Å². The Bertz CT molecular complexity index is 474. The van der Waals surface area contributed by atoms with Crippen molar-refractivity contribution >= 4 is 0 Å². The number of rotatable bonds is 0. The van der Waals surface area contributed by atoms with E-state index in [2.05, 4.69) is 46.4 Å². The molecular weight excluding hydrogens is 256 g/mol. The van der Waals surface area contributed by atoms with Crippen LogP contribution in [0.15, 0.2) is 24.3 Å². The van der Waals surface area contributed by atoms with Crippen molar-refractivity contribution in [3.05, 3.63) is 24.3 Å². The molecule has 118 valence electrons. The van der Waals surface area contributed by atoms with Crippen LogP contribution in [0.25, 0.3) is 0 Å². The fourth-order valence-corrected chi connectivity index (χ4v) is 6.26. The largest absolute Gasteiger partial charge is 0.389 e. The lowest BCUT2D eigenvalue weighted by molar-refractivity contribution is -0.103. The van der Waals surface area contributed by atoms with Crippen molar-refractivity contribution in [1.82, 2.24) is 0 Å². The van der Waals surface area contributed by atoms with Crippen molar-refractivity contribution in [2.75, 3.05) is 0 Å². The first-order valence-electron chi connectivity index (χ1n) is 8.72. The second kappa shape index (κ2) is 4.72. The van der Waals surface area contributed by atoms with E-state index in [-0.39, 0.29) is 11.5 Å². The molecule has 1 nitrogen and oxygen atoms in total. The number of fused-ring (bicyclic) bond motifs is 3. The van der Waals surface area contributed by atoms with Gasteiger partial charge in [-0.15, -0.1) is 0 Å². The van der Waals surface area contributed by atoms with Crippen molar-refractivity contribution in [2.45, 2.75) is 72.3 Å². The van der Waals surface area contributed by atoms with Crippen LogP contribution in [0.1, 0.15) is 66.2 Å². The first-order valence-corrected chi connectivity index (χ1v) is 8.72. The number of aliphatic hydroxyl groups is 1.